The van der Waals surface area contributed by atoms with Gasteiger partial charge in [-0.3, -0.25) is 9.52 Å². The SMILES string of the molecule is CCCCCOc1cccc(C(=O)Nc2ccc(S(=O)(=O)Nc3nnc(CC)s3)cc2)c1. The van der Waals surface area contributed by atoms with Crippen molar-refractivity contribution < 1.29 is 17.9 Å². The third kappa shape index (κ3) is 6.51. The van der Waals surface area contributed by atoms with E-state index < -0.39 is 10.0 Å². The van der Waals surface area contributed by atoms with Crippen LogP contribution in [-0.4, -0.2) is 31.1 Å². The van der Waals surface area contributed by atoms with Crippen LogP contribution in [0.25, 0.3) is 0 Å². The summed E-state index contributed by atoms with van der Waals surface area (Å²) in [5.41, 5.74) is 0.937. The molecule has 0 spiro atoms. The largest absolute Gasteiger partial charge is 0.494 e. The number of ether oxygens (including phenoxy) is 1. The third-order valence-corrected chi connectivity index (χ3v) is 6.99. The summed E-state index contributed by atoms with van der Waals surface area (Å²) < 4.78 is 33.2. The molecule has 3 rings (SSSR count). The summed E-state index contributed by atoms with van der Waals surface area (Å²) in [5, 5.41) is 11.5. The predicted molar refractivity (Wildman–Crippen MR) is 126 cm³/mol. The van der Waals surface area contributed by atoms with Gasteiger partial charge in [0.25, 0.3) is 15.9 Å². The van der Waals surface area contributed by atoms with Crippen LogP contribution in [0.1, 0.15) is 48.5 Å². The lowest BCUT2D eigenvalue weighted by Crippen LogP contribution is -2.14. The third-order valence-electron chi connectivity index (χ3n) is 4.53. The summed E-state index contributed by atoms with van der Waals surface area (Å²) in [6, 6.07) is 12.9. The van der Waals surface area contributed by atoms with E-state index in [1.807, 2.05) is 13.0 Å². The van der Waals surface area contributed by atoms with Gasteiger partial charge in [-0.25, -0.2) is 8.42 Å². The fraction of sp³-hybridized carbons (Fsp3) is 0.318. The van der Waals surface area contributed by atoms with E-state index in [-0.39, 0.29) is 15.9 Å². The summed E-state index contributed by atoms with van der Waals surface area (Å²) in [7, 11) is -3.80. The Morgan fingerprint density at radius 1 is 1.06 bits per heavy atom. The molecule has 0 radical (unpaired) electrons. The van der Waals surface area contributed by atoms with Crippen molar-refractivity contribution in [1.29, 1.82) is 0 Å². The number of benzene rings is 2. The average molecular weight is 475 g/mol. The van der Waals surface area contributed by atoms with E-state index in [4.69, 9.17) is 4.74 Å². The van der Waals surface area contributed by atoms with Crippen LogP contribution in [0.4, 0.5) is 10.8 Å². The fourth-order valence-corrected chi connectivity index (χ4v) is 4.71. The number of anilines is 2. The fourth-order valence-electron chi connectivity index (χ4n) is 2.80. The lowest BCUT2D eigenvalue weighted by atomic mass is 10.2. The first kappa shape index (κ1) is 23.7. The van der Waals surface area contributed by atoms with Gasteiger partial charge in [-0.2, -0.15) is 0 Å². The van der Waals surface area contributed by atoms with Crippen LogP contribution < -0.4 is 14.8 Å². The molecule has 2 aromatic carbocycles. The Balaban J connectivity index is 1.62. The normalized spacial score (nSPS) is 11.2. The molecule has 0 aliphatic rings. The highest BCUT2D eigenvalue weighted by atomic mass is 32.2. The molecule has 170 valence electrons. The highest BCUT2D eigenvalue weighted by Crippen LogP contribution is 2.22. The number of hydrogen-bond acceptors (Lipinski definition) is 7. The first-order valence-corrected chi connectivity index (χ1v) is 12.7. The topological polar surface area (TPSA) is 110 Å². The molecule has 8 nitrogen and oxygen atoms in total. The second kappa shape index (κ2) is 11.1. The van der Waals surface area contributed by atoms with Crippen molar-refractivity contribution in [1.82, 2.24) is 10.2 Å². The van der Waals surface area contributed by atoms with Crippen molar-refractivity contribution >= 4 is 38.1 Å². The van der Waals surface area contributed by atoms with Crippen LogP contribution in [0.15, 0.2) is 53.4 Å². The zero-order valence-electron chi connectivity index (χ0n) is 18.0. The maximum Gasteiger partial charge on any atom is 0.263 e. The van der Waals surface area contributed by atoms with E-state index in [2.05, 4.69) is 27.2 Å². The molecule has 0 aliphatic carbocycles. The number of unbranched alkanes of at least 4 members (excludes halogenated alkanes) is 2. The number of carbonyl (C=O) groups excluding carboxylic acids is 1. The molecule has 1 heterocycles. The van der Waals surface area contributed by atoms with Crippen molar-refractivity contribution in [3.63, 3.8) is 0 Å². The van der Waals surface area contributed by atoms with Crippen molar-refractivity contribution in [2.45, 2.75) is 44.4 Å². The molecule has 0 bridgehead atoms. The van der Waals surface area contributed by atoms with Gasteiger partial charge >= 0.3 is 0 Å². The second-order valence-electron chi connectivity index (χ2n) is 7.02. The molecule has 3 aromatic rings. The minimum atomic E-state index is -3.80. The van der Waals surface area contributed by atoms with Gasteiger partial charge in [-0.15, -0.1) is 10.2 Å². The Kier molecular flexibility index (Phi) is 8.18. The van der Waals surface area contributed by atoms with Crippen LogP contribution in [0, 0.1) is 0 Å². The number of amides is 1. The van der Waals surface area contributed by atoms with Crippen LogP contribution >= 0.6 is 11.3 Å². The molecule has 32 heavy (non-hydrogen) atoms. The highest BCUT2D eigenvalue weighted by Gasteiger charge is 2.17. The monoisotopic (exact) mass is 474 g/mol. The first-order chi connectivity index (χ1) is 15.4. The van der Waals surface area contributed by atoms with E-state index in [0.717, 1.165) is 24.3 Å². The summed E-state index contributed by atoms with van der Waals surface area (Å²) in [4.78, 5) is 12.6. The number of nitrogens with one attached hydrogen (secondary N) is 2. The summed E-state index contributed by atoms with van der Waals surface area (Å²) in [6.45, 7) is 4.66. The van der Waals surface area contributed by atoms with Gasteiger partial charge in [0.05, 0.1) is 11.5 Å². The molecular weight excluding hydrogens is 448 g/mol. The minimum Gasteiger partial charge on any atom is -0.494 e. The van der Waals surface area contributed by atoms with Crippen LogP contribution in [0.3, 0.4) is 0 Å². The van der Waals surface area contributed by atoms with E-state index >= 15 is 0 Å². The molecule has 1 amide bonds. The minimum absolute atomic E-state index is 0.0613. The van der Waals surface area contributed by atoms with Crippen molar-refractivity contribution in [3.8, 4) is 5.75 Å². The lowest BCUT2D eigenvalue weighted by Gasteiger charge is -2.09. The van der Waals surface area contributed by atoms with Crippen molar-refractivity contribution in [3.05, 3.63) is 59.1 Å². The Bertz CT molecular complexity index is 1140. The number of aryl methyl sites for hydroxylation is 1. The second-order valence-corrected chi connectivity index (χ2v) is 9.77. The Morgan fingerprint density at radius 3 is 2.53 bits per heavy atom. The maximum absolute atomic E-state index is 12.6. The van der Waals surface area contributed by atoms with E-state index in [1.165, 1.54) is 35.6 Å². The van der Waals surface area contributed by atoms with Gasteiger partial charge in [0.15, 0.2) is 0 Å². The van der Waals surface area contributed by atoms with Crippen molar-refractivity contribution in [2.24, 2.45) is 0 Å². The molecule has 1 aromatic heterocycles. The molecule has 0 saturated carbocycles. The van der Waals surface area contributed by atoms with E-state index in [0.29, 0.717) is 30.0 Å². The zero-order valence-corrected chi connectivity index (χ0v) is 19.6. The smallest absolute Gasteiger partial charge is 0.263 e. The Morgan fingerprint density at radius 2 is 1.84 bits per heavy atom. The number of aromatic nitrogens is 2. The summed E-state index contributed by atoms with van der Waals surface area (Å²) in [6.07, 6.45) is 3.86. The molecule has 10 heteroatoms. The summed E-state index contributed by atoms with van der Waals surface area (Å²) in [5.74, 6) is 0.336. The molecular formula is C22H26N4O4S2. The predicted octanol–water partition coefficient (Wildman–Crippen LogP) is 4.72. The van der Waals surface area contributed by atoms with Gasteiger partial charge in [0.2, 0.25) is 5.13 Å². The van der Waals surface area contributed by atoms with Crippen molar-refractivity contribution in [2.75, 3.05) is 16.6 Å². The zero-order chi connectivity index (χ0) is 23.0. The number of sulfonamides is 1. The van der Waals surface area contributed by atoms with Crippen LogP contribution in [-0.2, 0) is 16.4 Å². The van der Waals surface area contributed by atoms with E-state index in [1.54, 1.807) is 18.2 Å². The average Bonchev–Trinajstić information content (AvgIpc) is 3.24. The number of rotatable bonds is 11. The van der Waals surface area contributed by atoms with Gasteiger partial charge in [-0.1, -0.05) is 44.1 Å². The first-order valence-electron chi connectivity index (χ1n) is 10.4. The number of carbonyl (C=O) groups is 1. The van der Waals surface area contributed by atoms with Gasteiger partial charge in [-0.05, 0) is 55.3 Å². The van der Waals surface area contributed by atoms with Gasteiger partial charge in [0.1, 0.15) is 10.8 Å². The standard InChI is InChI=1S/C22H26N4O4S2/c1-3-5-6-14-30-18-9-7-8-16(15-18)21(27)23-17-10-12-19(13-11-17)32(28,29)26-22-25-24-20(4-2)31-22/h7-13,15H,3-6,14H2,1-2H3,(H,23,27)(H,25,26). The summed E-state index contributed by atoms with van der Waals surface area (Å²) >= 11 is 1.19. The van der Waals surface area contributed by atoms with Gasteiger partial charge < -0.3 is 10.1 Å². The molecule has 2 N–H and O–H groups in total. The van der Waals surface area contributed by atoms with E-state index in [9.17, 15) is 13.2 Å². The quantitative estimate of drug-likeness (QED) is 0.389. The Hall–Kier alpha value is -2.98. The van der Waals surface area contributed by atoms with Crippen LogP contribution in [0.2, 0.25) is 0 Å². The highest BCUT2D eigenvalue weighted by molar-refractivity contribution is 7.93. The maximum atomic E-state index is 12.6. The molecule has 0 fully saturated rings. The van der Waals surface area contributed by atoms with Crippen LogP contribution in [0.5, 0.6) is 5.75 Å². The molecule has 0 atom stereocenters. The molecule has 0 unspecified atom stereocenters. The molecule has 0 aliphatic heterocycles. The number of nitrogens with zero attached hydrogens (tertiary/aromatic N) is 2. The van der Waals surface area contributed by atoms with Gasteiger partial charge in [0, 0.05) is 11.3 Å². The molecule has 0 saturated heterocycles. The Labute approximate surface area is 192 Å². The lowest BCUT2D eigenvalue weighted by molar-refractivity contribution is 0.102. The number of hydrogen-bond donors (Lipinski definition) is 2.